The molecule has 0 fully saturated rings. The quantitative estimate of drug-likeness (QED) is 0.384. The van der Waals surface area contributed by atoms with Gasteiger partial charge in [-0.05, 0) is 17.7 Å². The standard InChI is InChI=1S/C14H10ClN3O3S2/c1-22-14-16-5-9(15)11(18-14)13(19)21-7-8-6-20-12(17-8)10-3-2-4-23-10/h2-6H,7H2,1H3. The number of aromatic nitrogens is 3. The zero-order valence-corrected chi connectivity index (χ0v) is 14.2. The zero-order chi connectivity index (χ0) is 16.2. The first-order valence-electron chi connectivity index (χ1n) is 6.39. The Balaban J connectivity index is 1.67. The maximum Gasteiger partial charge on any atom is 0.359 e. The molecule has 118 valence electrons. The molecule has 0 saturated carbocycles. The van der Waals surface area contributed by atoms with Gasteiger partial charge < -0.3 is 9.15 Å². The predicted octanol–water partition coefficient (Wildman–Crippen LogP) is 3.93. The smallest absolute Gasteiger partial charge is 0.359 e. The number of ether oxygens (including phenoxy) is 1. The van der Waals surface area contributed by atoms with Crippen LogP contribution in [0.15, 0.2) is 39.5 Å². The third-order valence-electron chi connectivity index (χ3n) is 2.73. The van der Waals surface area contributed by atoms with E-state index in [-0.39, 0.29) is 17.3 Å². The first-order valence-corrected chi connectivity index (χ1v) is 8.87. The van der Waals surface area contributed by atoms with Crippen molar-refractivity contribution in [2.75, 3.05) is 6.26 Å². The molecule has 0 aliphatic carbocycles. The van der Waals surface area contributed by atoms with E-state index in [0.717, 1.165) is 4.88 Å². The summed E-state index contributed by atoms with van der Waals surface area (Å²) in [6, 6.07) is 3.81. The first kappa shape index (κ1) is 16.0. The van der Waals surface area contributed by atoms with E-state index >= 15 is 0 Å². The van der Waals surface area contributed by atoms with Crippen LogP contribution in [-0.4, -0.2) is 27.2 Å². The van der Waals surface area contributed by atoms with Crippen LogP contribution in [0.25, 0.3) is 10.8 Å². The Bertz CT molecular complexity index is 821. The van der Waals surface area contributed by atoms with Crippen molar-refractivity contribution in [2.45, 2.75) is 11.8 Å². The van der Waals surface area contributed by atoms with Gasteiger partial charge in [0.1, 0.15) is 18.6 Å². The monoisotopic (exact) mass is 367 g/mol. The number of oxazole rings is 1. The van der Waals surface area contributed by atoms with Crippen LogP contribution in [0.2, 0.25) is 5.02 Å². The molecule has 0 spiro atoms. The minimum atomic E-state index is -0.631. The first-order chi connectivity index (χ1) is 11.2. The van der Waals surface area contributed by atoms with Crippen molar-refractivity contribution >= 4 is 40.7 Å². The molecule has 0 atom stereocenters. The number of thiophene rings is 1. The SMILES string of the molecule is CSc1ncc(Cl)c(C(=O)OCc2coc(-c3cccs3)n2)n1. The Hall–Kier alpha value is -1.90. The number of carbonyl (C=O) groups excluding carboxylic acids is 1. The van der Waals surface area contributed by atoms with Crippen LogP contribution in [0.5, 0.6) is 0 Å². The summed E-state index contributed by atoms with van der Waals surface area (Å²) in [4.78, 5) is 25.3. The van der Waals surface area contributed by atoms with Crippen LogP contribution >= 0.6 is 34.7 Å². The van der Waals surface area contributed by atoms with Gasteiger partial charge in [-0.3, -0.25) is 0 Å². The second-order valence-electron chi connectivity index (χ2n) is 4.25. The molecule has 3 rings (SSSR count). The molecular formula is C14H10ClN3O3S2. The lowest BCUT2D eigenvalue weighted by Gasteiger charge is -2.04. The largest absolute Gasteiger partial charge is 0.454 e. The van der Waals surface area contributed by atoms with E-state index in [1.165, 1.54) is 35.6 Å². The van der Waals surface area contributed by atoms with E-state index < -0.39 is 5.97 Å². The highest BCUT2D eigenvalue weighted by Gasteiger charge is 2.17. The van der Waals surface area contributed by atoms with Crippen LogP contribution in [0.4, 0.5) is 0 Å². The Labute approximate surface area is 144 Å². The minimum Gasteiger partial charge on any atom is -0.454 e. The van der Waals surface area contributed by atoms with Gasteiger partial charge in [0.15, 0.2) is 10.9 Å². The highest BCUT2D eigenvalue weighted by Crippen LogP contribution is 2.24. The van der Waals surface area contributed by atoms with Gasteiger partial charge in [-0.25, -0.2) is 19.7 Å². The fourth-order valence-corrected chi connectivity index (χ4v) is 2.85. The predicted molar refractivity (Wildman–Crippen MR) is 87.8 cm³/mol. The summed E-state index contributed by atoms with van der Waals surface area (Å²) in [5.74, 6) is -0.135. The van der Waals surface area contributed by atoms with E-state index in [2.05, 4.69) is 15.0 Å². The highest BCUT2D eigenvalue weighted by atomic mass is 35.5. The summed E-state index contributed by atoms with van der Waals surface area (Å²) < 4.78 is 10.5. The maximum absolute atomic E-state index is 12.1. The number of carbonyl (C=O) groups is 1. The number of esters is 1. The second kappa shape index (κ2) is 7.12. The summed E-state index contributed by atoms with van der Waals surface area (Å²) in [6.07, 6.45) is 4.64. The molecule has 3 aromatic heterocycles. The van der Waals surface area contributed by atoms with Crippen LogP contribution < -0.4 is 0 Å². The summed E-state index contributed by atoms with van der Waals surface area (Å²) in [5.41, 5.74) is 0.546. The maximum atomic E-state index is 12.1. The molecule has 0 bridgehead atoms. The Morgan fingerprint density at radius 2 is 2.35 bits per heavy atom. The van der Waals surface area contributed by atoms with E-state index in [1.807, 2.05) is 17.5 Å². The Morgan fingerprint density at radius 3 is 3.09 bits per heavy atom. The lowest BCUT2D eigenvalue weighted by atomic mass is 10.4. The van der Waals surface area contributed by atoms with Gasteiger partial charge >= 0.3 is 5.97 Å². The lowest BCUT2D eigenvalue weighted by Crippen LogP contribution is -2.09. The zero-order valence-electron chi connectivity index (χ0n) is 11.9. The van der Waals surface area contributed by atoms with Gasteiger partial charge in [0, 0.05) is 0 Å². The average Bonchev–Trinajstić information content (AvgIpc) is 3.24. The van der Waals surface area contributed by atoms with Crippen molar-refractivity contribution in [1.82, 2.24) is 15.0 Å². The van der Waals surface area contributed by atoms with E-state index in [0.29, 0.717) is 16.7 Å². The molecule has 0 saturated heterocycles. The van der Waals surface area contributed by atoms with Gasteiger partial charge in [0.2, 0.25) is 5.89 Å². The second-order valence-corrected chi connectivity index (χ2v) is 6.38. The minimum absolute atomic E-state index is 0.0252. The third-order valence-corrected chi connectivity index (χ3v) is 4.43. The van der Waals surface area contributed by atoms with Gasteiger partial charge in [-0.1, -0.05) is 29.4 Å². The highest BCUT2D eigenvalue weighted by molar-refractivity contribution is 7.98. The lowest BCUT2D eigenvalue weighted by molar-refractivity contribution is 0.0459. The summed E-state index contributed by atoms with van der Waals surface area (Å²) in [5, 5.41) is 2.52. The third kappa shape index (κ3) is 3.72. The number of rotatable bonds is 5. The number of hydrogen-bond donors (Lipinski definition) is 0. The van der Waals surface area contributed by atoms with Crippen molar-refractivity contribution in [3.8, 4) is 10.8 Å². The molecule has 6 nitrogen and oxygen atoms in total. The van der Waals surface area contributed by atoms with Gasteiger partial charge in [0.05, 0.1) is 16.1 Å². The molecule has 0 aromatic carbocycles. The van der Waals surface area contributed by atoms with Gasteiger partial charge in [-0.2, -0.15) is 0 Å². The normalized spacial score (nSPS) is 10.7. The van der Waals surface area contributed by atoms with Gasteiger partial charge in [-0.15, -0.1) is 11.3 Å². The van der Waals surface area contributed by atoms with Crippen LogP contribution in [0.3, 0.4) is 0 Å². The van der Waals surface area contributed by atoms with Crippen molar-refractivity contribution in [1.29, 1.82) is 0 Å². The molecule has 0 radical (unpaired) electrons. The Kier molecular flexibility index (Phi) is 4.94. The molecule has 0 amide bonds. The van der Waals surface area contributed by atoms with Crippen molar-refractivity contribution in [3.05, 3.63) is 46.4 Å². The molecule has 3 heterocycles. The van der Waals surface area contributed by atoms with Crippen LogP contribution in [0.1, 0.15) is 16.2 Å². The summed E-state index contributed by atoms with van der Waals surface area (Å²) >= 11 is 8.76. The summed E-state index contributed by atoms with van der Waals surface area (Å²) in [7, 11) is 0. The number of hydrogen-bond acceptors (Lipinski definition) is 8. The van der Waals surface area contributed by atoms with Gasteiger partial charge in [0.25, 0.3) is 0 Å². The molecule has 0 aliphatic heterocycles. The molecule has 0 unspecified atom stereocenters. The molecular weight excluding hydrogens is 358 g/mol. The molecule has 3 aromatic rings. The molecule has 23 heavy (non-hydrogen) atoms. The van der Waals surface area contributed by atoms with Crippen molar-refractivity contribution in [3.63, 3.8) is 0 Å². The fourth-order valence-electron chi connectivity index (χ4n) is 1.69. The van der Waals surface area contributed by atoms with E-state index in [9.17, 15) is 4.79 Å². The van der Waals surface area contributed by atoms with Crippen molar-refractivity contribution in [2.24, 2.45) is 0 Å². The van der Waals surface area contributed by atoms with Crippen molar-refractivity contribution < 1.29 is 13.9 Å². The van der Waals surface area contributed by atoms with Crippen LogP contribution in [0, 0.1) is 0 Å². The van der Waals surface area contributed by atoms with Crippen LogP contribution in [-0.2, 0) is 11.3 Å². The number of halogens is 1. The fraction of sp³-hybridized carbons (Fsp3) is 0.143. The number of thioether (sulfide) groups is 1. The topological polar surface area (TPSA) is 78.1 Å². The van der Waals surface area contributed by atoms with E-state index in [4.69, 9.17) is 20.8 Å². The molecule has 0 aliphatic rings. The molecule has 0 N–H and O–H groups in total. The summed E-state index contributed by atoms with van der Waals surface area (Å²) in [6.45, 7) is -0.0252. The number of nitrogens with zero attached hydrogens (tertiary/aromatic N) is 3. The van der Waals surface area contributed by atoms with E-state index in [1.54, 1.807) is 6.26 Å². The average molecular weight is 368 g/mol. The Morgan fingerprint density at radius 1 is 1.48 bits per heavy atom. The molecule has 9 heteroatoms.